The maximum absolute atomic E-state index is 13.3. The molecule has 0 saturated heterocycles. The molecule has 1 heterocycles. The Morgan fingerprint density at radius 2 is 1.58 bits per heavy atom. The fourth-order valence-corrected chi connectivity index (χ4v) is 3.85. The Balaban J connectivity index is 1.47. The Morgan fingerprint density at radius 1 is 0.833 bits per heavy atom. The first-order valence-electron chi connectivity index (χ1n) is 11.9. The van der Waals surface area contributed by atoms with Gasteiger partial charge < -0.3 is 10.2 Å². The molecule has 0 radical (unpaired) electrons. The normalized spacial score (nSPS) is 10.8. The lowest BCUT2D eigenvalue weighted by molar-refractivity contribution is -0.120. The van der Waals surface area contributed by atoms with Gasteiger partial charge in [-0.1, -0.05) is 72.3 Å². The number of amides is 2. The molecule has 0 aliphatic rings. The molecule has 1 aromatic heterocycles. The summed E-state index contributed by atoms with van der Waals surface area (Å²) in [7, 11) is 0. The number of rotatable bonds is 9. The van der Waals surface area contributed by atoms with E-state index < -0.39 is 0 Å². The molecule has 0 saturated carbocycles. The van der Waals surface area contributed by atoms with Gasteiger partial charge in [-0.25, -0.2) is 0 Å². The molecule has 2 amide bonds. The molecule has 0 aliphatic heterocycles. The minimum absolute atomic E-state index is 0.0574. The summed E-state index contributed by atoms with van der Waals surface area (Å²) in [6.07, 6.45) is 7.11. The third kappa shape index (κ3) is 7.24. The van der Waals surface area contributed by atoms with Crippen molar-refractivity contribution in [2.45, 2.75) is 26.4 Å². The van der Waals surface area contributed by atoms with Gasteiger partial charge in [-0.15, -0.1) is 0 Å². The van der Waals surface area contributed by atoms with Gasteiger partial charge in [0.2, 0.25) is 5.91 Å². The highest BCUT2D eigenvalue weighted by Crippen LogP contribution is 2.20. The van der Waals surface area contributed by atoms with Crippen molar-refractivity contribution in [1.29, 1.82) is 0 Å². The molecule has 0 spiro atoms. The smallest absolute Gasteiger partial charge is 0.251 e. The van der Waals surface area contributed by atoms with E-state index in [1.54, 1.807) is 23.4 Å². The van der Waals surface area contributed by atoms with Crippen LogP contribution in [0.5, 0.6) is 0 Å². The molecule has 0 aliphatic carbocycles. The van der Waals surface area contributed by atoms with Crippen molar-refractivity contribution in [2.24, 2.45) is 0 Å². The van der Waals surface area contributed by atoms with Crippen molar-refractivity contribution >= 4 is 23.6 Å². The van der Waals surface area contributed by atoms with Gasteiger partial charge in [0.15, 0.2) is 0 Å². The summed E-state index contributed by atoms with van der Waals surface area (Å²) in [5.74, 6) is -0.166. The molecule has 5 heteroatoms. The number of aromatic nitrogens is 1. The van der Waals surface area contributed by atoms with Crippen molar-refractivity contribution < 1.29 is 9.59 Å². The maximum atomic E-state index is 13.3. The van der Waals surface area contributed by atoms with Crippen molar-refractivity contribution in [3.63, 3.8) is 0 Å². The Bertz CT molecular complexity index is 1320. The summed E-state index contributed by atoms with van der Waals surface area (Å²) in [6, 6.07) is 29.3. The Morgan fingerprint density at radius 3 is 2.31 bits per heavy atom. The van der Waals surface area contributed by atoms with Gasteiger partial charge in [0.05, 0.1) is 13.0 Å². The second-order valence-corrected chi connectivity index (χ2v) is 8.63. The fourth-order valence-electron chi connectivity index (χ4n) is 3.85. The van der Waals surface area contributed by atoms with Crippen LogP contribution in [-0.4, -0.2) is 16.8 Å². The molecular formula is C31H29N3O2. The molecule has 0 atom stereocenters. The molecule has 4 aromatic rings. The summed E-state index contributed by atoms with van der Waals surface area (Å²) in [6.45, 7) is 2.96. The van der Waals surface area contributed by atoms with E-state index in [1.807, 2.05) is 97.9 Å². The zero-order valence-electron chi connectivity index (χ0n) is 20.3. The predicted molar refractivity (Wildman–Crippen MR) is 144 cm³/mol. The van der Waals surface area contributed by atoms with Crippen LogP contribution in [0, 0.1) is 6.92 Å². The number of hydrogen-bond acceptors (Lipinski definition) is 3. The Kier molecular flexibility index (Phi) is 8.39. The number of nitrogens with one attached hydrogen (secondary N) is 1. The first kappa shape index (κ1) is 24.6. The van der Waals surface area contributed by atoms with E-state index in [0.717, 1.165) is 33.5 Å². The second-order valence-electron chi connectivity index (χ2n) is 8.63. The third-order valence-electron chi connectivity index (χ3n) is 5.76. The zero-order valence-corrected chi connectivity index (χ0v) is 20.3. The molecule has 5 nitrogen and oxygen atoms in total. The Hall–Kier alpha value is -4.51. The number of nitrogens with zero attached hydrogens (tertiary/aromatic N) is 2. The molecular weight excluding hydrogens is 446 g/mol. The van der Waals surface area contributed by atoms with Gasteiger partial charge in [0.1, 0.15) is 0 Å². The Labute approximate surface area is 212 Å². The molecule has 36 heavy (non-hydrogen) atoms. The van der Waals surface area contributed by atoms with Crippen LogP contribution in [0.15, 0.2) is 109 Å². The van der Waals surface area contributed by atoms with Crippen LogP contribution in [0.1, 0.15) is 27.8 Å². The van der Waals surface area contributed by atoms with Crippen LogP contribution in [-0.2, 0) is 29.1 Å². The van der Waals surface area contributed by atoms with Crippen molar-refractivity contribution in [3.05, 3.63) is 137 Å². The van der Waals surface area contributed by atoms with Crippen molar-refractivity contribution in [1.82, 2.24) is 10.3 Å². The molecule has 1 N–H and O–H groups in total. The third-order valence-corrected chi connectivity index (χ3v) is 5.76. The minimum atomic E-state index is -0.108. The summed E-state index contributed by atoms with van der Waals surface area (Å²) in [5, 5.41) is 2.93. The van der Waals surface area contributed by atoms with Crippen molar-refractivity contribution in [2.75, 3.05) is 4.90 Å². The van der Waals surface area contributed by atoms with Gasteiger partial charge in [-0.2, -0.15) is 0 Å². The topological polar surface area (TPSA) is 62.3 Å². The monoisotopic (exact) mass is 475 g/mol. The van der Waals surface area contributed by atoms with Gasteiger partial charge in [0, 0.05) is 30.7 Å². The number of pyridine rings is 1. The summed E-state index contributed by atoms with van der Waals surface area (Å²) in [5.41, 5.74) is 5.83. The number of carbonyl (C=O) groups is 2. The number of anilines is 1. The van der Waals surface area contributed by atoms with Gasteiger partial charge in [-0.05, 0) is 59.5 Å². The number of carbonyl (C=O) groups excluding carboxylic acids is 2. The van der Waals surface area contributed by atoms with E-state index in [1.165, 1.54) is 0 Å². The van der Waals surface area contributed by atoms with Crippen molar-refractivity contribution in [3.8, 4) is 0 Å². The average Bonchev–Trinajstić information content (AvgIpc) is 2.91. The molecule has 0 bridgehead atoms. The fraction of sp³-hybridized carbons (Fsp3) is 0.129. The van der Waals surface area contributed by atoms with Crippen LogP contribution >= 0.6 is 0 Å². The molecule has 3 aromatic carbocycles. The van der Waals surface area contributed by atoms with E-state index >= 15 is 0 Å². The lowest BCUT2D eigenvalue weighted by Crippen LogP contribution is -2.29. The first-order chi connectivity index (χ1) is 17.6. The first-order valence-corrected chi connectivity index (χ1v) is 11.9. The predicted octanol–water partition coefficient (Wildman–Crippen LogP) is 5.50. The largest absolute Gasteiger partial charge is 0.352 e. The van der Waals surface area contributed by atoms with Gasteiger partial charge in [0.25, 0.3) is 5.91 Å². The second kappa shape index (κ2) is 12.3. The van der Waals surface area contributed by atoms with E-state index in [2.05, 4.69) is 16.4 Å². The van der Waals surface area contributed by atoms with Gasteiger partial charge >= 0.3 is 0 Å². The zero-order chi connectivity index (χ0) is 25.2. The highest BCUT2D eigenvalue weighted by atomic mass is 16.2. The van der Waals surface area contributed by atoms with Crippen LogP contribution in [0.25, 0.3) is 6.08 Å². The van der Waals surface area contributed by atoms with Crippen LogP contribution in [0.3, 0.4) is 0 Å². The van der Waals surface area contributed by atoms with Crippen LogP contribution in [0.2, 0.25) is 0 Å². The van der Waals surface area contributed by atoms with E-state index in [-0.39, 0.29) is 18.2 Å². The number of aryl methyl sites for hydroxylation is 1. The molecule has 180 valence electrons. The molecule has 4 rings (SSSR count). The van der Waals surface area contributed by atoms with Gasteiger partial charge in [-0.3, -0.25) is 14.6 Å². The highest BCUT2D eigenvalue weighted by Gasteiger charge is 2.15. The standard InChI is InChI=1S/C31H29N3O2/c1-24-6-5-9-28(20-24)23-34(31(36)15-12-25-7-3-2-4-8-25)29-13-10-26(11-14-29)21-30(35)33-22-27-16-18-32-19-17-27/h2-20H,21-23H2,1H3,(H,33,35)/b15-12+. The van der Waals surface area contributed by atoms with Crippen LogP contribution < -0.4 is 10.2 Å². The highest BCUT2D eigenvalue weighted by molar-refractivity contribution is 6.03. The van der Waals surface area contributed by atoms with E-state index in [0.29, 0.717) is 13.1 Å². The lowest BCUT2D eigenvalue weighted by atomic mass is 10.1. The quantitative estimate of drug-likeness (QED) is 0.325. The van der Waals surface area contributed by atoms with E-state index in [4.69, 9.17) is 0 Å². The summed E-state index contributed by atoms with van der Waals surface area (Å²) in [4.78, 5) is 31.4. The van der Waals surface area contributed by atoms with Crippen LogP contribution in [0.4, 0.5) is 5.69 Å². The minimum Gasteiger partial charge on any atom is -0.352 e. The molecule has 0 unspecified atom stereocenters. The summed E-state index contributed by atoms with van der Waals surface area (Å²) >= 11 is 0. The van der Waals surface area contributed by atoms with E-state index in [9.17, 15) is 9.59 Å². The average molecular weight is 476 g/mol. The maximum Gasteiger partial charge on any atom is 0.251 e. The lowest BCUT2D eigenvalue weighted by Gasteiger charge is -2.22. The number of benzene rings is 3. The number of hydrogen-bond donors (Lipinski definition) is 1. The SMILES string of the molecule is Cc1cccc(CN(C(=O)/C=C/c2ccccc2)c2ccc(CC(=O)NCc3ccncc3)cc2)c1. The summed E-state index contributed by atoms with van der Waals surface area (Å²) < 4.78 is 0. The molecule has 0 fully saturated rings.